The fourth-order valence-corrected chi connectivity index (χ4v) is 3.99. The van der Waals surface area contributed by atoms with Gasteiger partial charge in [-0.3, -0.25) is 19.5 Å². The molecule has 1 amide bonds. The molecule has 3 heterocycles. The van der Waals surface area contributed by atoms with Crippen molar-refractivity contribution < 1.29 is 9.21 Å². The van der Waals surface area contributed by atoms with Crippen LogP contribution in [0.15, 0.2) is 38.6 Å². The van der Waals surface area contributed by atoms with Crippen molar-refractivity contribution in [2.75, 3.05) is 5.32 Å². The van der Waals surface area contributed by atoms with Crippen LogP contribution >= 0.6 is 11.3 Å². The van der Waals surface area contributed by atoms with E-state index in [4.69, 9.17) is 4.42 Å². The van der Waals surface area contributed by atoms with Crippen molar-refractivity contribution in [1.82, 2.24) is 14.5 Å². The van der Waals surface area contributed by atoms with Gasteiger partial charge in [-0.05, 0) is 37.8 Å². The third-order valence-corrected chi connectivity index (χ3v) is 5.34. The Morgan fingerprint density at radius 2 is 2.19 bits per heavy atom. The van der Waals surface area contributed by atoms with Gasteiger partial charge in [0.25, 0.3) is 11.5 Å². The largest absolute Gasteiger partial charge is 0.467 e. The highest BCUT2D eigenvalue weighted by atomic mass is 32.1. The highest BCUT2D eigenvalue weighted by molar-refractivity contribution is 7.15. The molecule has 134 valence electrons. The van der Waals surface area contributed by atoms with Crippen LogP contribution in [0.4, 0.5) is 5.13 Å². The molecule has 9 heteroatoms. The average molecular weight is 372 g/mol. The number of thiazole rings is 1. The van der Waals surface area contributed by atoms with Crippen LogP contribution in [0.3, 0.4) is 0 Å². The number of furan rings is 1. The summed E-state index contributed by atoms with van der Waals surface area (Å²) in [6.45, 7) is -0.0478. The molecule has 2 N–H and O–H groups in total. The number of carbonyl (C=O) groups excluding carboxylic acids is 1. The van der Waals surface area contributed by atoms with Gasteiger partial charge in [0, 0.05) is 11.1 Å². The molecule has 0 atom stereocenters. The number of H-pyrrole nitrogens is 1. The summed E-state index contributed by atoms with van der Waals surface area (Å²) in [4.78, 5) is 45.1. The van der Waals surface area contributed by atoms with E-state index >= 15 is 0 Å². The lowest BCUT2D eigenvalue weighted by molar-refractivity contribution is 0.102. The molecule has 1 aliphatic carbocycles. The zero-order chi connectivity index (χ0) is 18.1. The Hall–Kier alpha value is -2.94. The standard InChI is InChI=1S/C17H16N4O4S/c22-14(20-16-19-12-5-1-2-6-13(12)26-16)11-8-18-17(24)21(15(11)23)9-10-4-3-7-25-10/h3-4,7-8H,1-2,5-6,9H2,(H,18,24)(H,19,20,22). The van der Waals surface area contributed by atoms with Crippen molar-refractivity contribution >= 4 is 22.4 Å². The lowest BCUT2D eigenvalue weighted by atomic mass is 10.0. The highest BCUT2D eigenvalue weighted by Gasteiger charge is 2.19. The maximum atomic E-state index is 12.6. The van der Waals surface area contributed by atoms with Crippen molar-refractivity contribution in [2.24, 2.45) is 0 Å². The van der Waals surface area contributed by atoms with Gasteiger partial charge in [-0.1, -0.05) is 0 Å². The summed E-state index contributed by atoms with van der Waals surface area (Å²) in [6.07, 6.45) is 6.69. The number of anilines is 1. The topological polar surface area (TPSA) is 110 Å². The summed E-state index contributed by atoms with van der Waals surface area (Å²) < 4.78 is 6.10. The first-order valence-corrected chi connectivity index (χ1v) is 9.08. The minimum absolute atomic E-state index is 0.0478. The summed E-state index contributed by atoms with van der Waals surface area (Å²) in [5, 5.41) is 3.15. The van der Waals surface area contributed by atoms with E-state index in [1.165, 1.54) is 22.5 Å². The fourth-order valence-electron chi connectivity index (χ4n) is 2.95. The van der Waals surface area contributed by atoms with Crippen LogP contribution in [0.2, 0.25) is 0 Å². The van der Waals surface area contributed by atoms with Gasteiger partial charge in [0.2, 0.25) is 0 Å². The number of amides is 1. The minimum Gasteiger partial charge on any atom is -0.467 e. The van der Waals surface area contributed by atoms with Gasteiger partial charge in [0.1, 0.15) is 11.3 Å². The van der Waals surface area contributed by atoms with Gasteiger partial charge >= 0.3 is 5.69 Å². The second kappa shape index (κ2) is 6.75. The highest BCUT2D eigenvalue weighted by Crippen LogP contribution is 2.29. The number of rotatable bonds is 4. The average Bonchev–Trinajstić information content (AvgIpc) is 3.27. The van der Waals surface area contributed by atoms with Crippen molar-refractivity contribution in [3.05, 3.63) is 67.3 Å². The van der Waals surface area contributed by atoms with E-state index < -0.39 is 17.2 Å². The molecule has 0 radical (unpaired) electrons. The monoisotopic (exact) mass is 372 g/mol. The Bertz CT molecular complexity index is 1040. The molecule has 0 bridgehead atoms. The lowest BCUT2D eigenvalue weighted by Crippen LogP contribution is -2.39. The van der Waals surface area contributed by atoms with Crippen LogP contribution in [-0.2, 0) is 19.4 Å². The molecular weight excluding hydrogens is 356 g/mol. The summed E-state index contributed by atoms with van der Waals surface area (Å²) in [6, 6.07) is 3.31. The van der Waals surface area contributed by atoms with E-state index in [0.29, 0.717) is 10.9 Å². The van der Waals surface area contributed by atoms with Crippen molar-refractivity contribution in [3.8, 4) is 0 Å². The Morgan fingerprint density at radius 3 is 2.96 bits per heavy atom. The van der Waals surface area contributed by atoms with E-state index in [1.54, 1.807) is 12.1 Å². The van der Waals surface area contributed by atoms with Crippen LogP contribution in [0, 0.1) is 0 Å². The Kier molecular flexibility index (Phi) is 4.29. The predicted molar refractivity (Wildman–Crippen MR) is 95.8 cm³/mol. The van der Waals surface area contributed by atoms with Gasteiger partial charge < -0.3 is 9.40 Å². The number of aromatic amines is 1. The van der Waals surface area contributed by atoms with Gasteiger partial charge in [0.05, 0.1) is 18.5 Å². The van der Waals surface area contributed by atoms with Crippen LogP contribution < -0.4 is 16.6 Å². The zero-order valence-electron chi connectivity index (χ0n) is 13.8. The first-order chi connectivity index (χ1) is 12.6. The van der Waals surface area contributed by atoms with E-state index in [1.807, 2.05) is 0 Å². The molecule has 0 saturated carbocycles. The van der Waals surface area contributed by atoms with Crippen LogP contribution in [-0.4, -0.2) is 20.4 Å². The quantitative estimate of drug-likeness (QED) is 0.725. The second-order valence-electron chi connectivity index (χ2n) is 6.03. The predicted octanol–water partition coefficient (Wildman–Crippen LogP) is 1.77. The number of aryl methyl sites for hydroxylation is 2. The molecule has 26 heavy (non-hydrogen) atoms. The lowest BCUT2D eigenvalue weighted by Gasteiger charge is -2.06. The van der Waals surface area contributed by atoms with Gasteiger partial charge in [0.15, 0.2) is 5.13 Å². The summed E-state index contributed by atoms with van der Waals surface area (Å²) >= 11 is 1.44. The van der Waals surface area contributed by atoms with E-state index in [2.05, 4.69) is 15.3 Å². The molecule has 0 aromatic carbocycles. The van der Waals surface area contributed by atoms with Crippen molar-refractivity contribution in [1.29, 1.82) is 0 Å². The molecule has 4 rings (SSSR count). The number of fused-ring (bicyclic) bond motifs is 1. The Balaban J connectivity index is 1.61. The van der Waals surface area contributed by atoms with E-state index in [-0.39, 0.29) is 12.1 Å². The molecule has 3 aromatic heterocycles. The number of nitrogens with zero attached hydrogens (tertiary/aromatic N) is 2. The van der Waals surface area contributed by atoms with E-state index in [9.17, 15) is 14.4 Å². The Morgan fingerprint density at radius 1 is 1.35 bits per heavy atom. The molecule has 0 spiro atoms. The third kappa shape index (κ3) is 3.13. The smallest absolute Gasteiger partial charge is 0.328 e. The fraction of sp³-hybridized carbons (Fsp3) is 0.294. The van der Waals surface area contributed by atoms with Gasteiger partial charge in [-0.25, -0.2) is 9.78 Å². The first kappa shape index (κ1) is 16.5. The Labute approximate surface area is 151 Å². The summed E-state index contributed by atoms with van der Waals surface area (Å²) in [5.41, 5.74) is -0.408. The van der Waals surface area contributed by atoms with E-state index in [0.717, 1.165) is 42.1 Å². The van der Waals surface area contributed by atoms with Crippen LogP contribution in [0.5, 0.6) is 0 Å². The normalized spacial score (nSPS) is 13.4. The number of nitrogens with one attached hydrogen (secondary N) is 2. The molecular formula is C17H16N4O4S. The van der Waals surface area contributed by atoms with Crippen LogP contribution in [0.1, 0.15) is 39.5 Å². The third-order valence-electron chi connectivity index (χ3n) is 4.27. The second-order valence-corrected chi connectivity index (χ2v) is 7.11. The summed E-state index contributed by atoms with van der Waals surface area (Å²) in [5.74, 6) is -0.145. The van der Waals surface area contributed by atoms with Crippen molar-refractivity contribution in [3.63, 3.8) is 0 Å². The molecule has 0 unspecified atom stereocenters. The molecule has 0 fully saturated rings. The number of aromatic nitrogens is 3. The maximum Gasteiger partial charge on any atom is 0.328 e. The first-order valence-electron chi connectivity index (χ1n) is 8.26. The van der Waals surface area contributed by atoms with Gasteiger partial charge in [-0.2, -0.15) is 0 Å². The number of hydrogen-bond acceptors (Lipinski definition) is 6. The van der Waals surface area contributed by atoms with Crippen molar-refractivity contribution in [2.45, 2.75) is 32.2 Å². The number of hydrogen-bond donors (Lipinski definition) is 2. The molecule has 0 saturated heterocycles. The maximum absolute atomic E-state index is 12.6. The molecule has 8 nitrogen and oxygen atoms in total. The SMILES string of the molecule is O=C(Nc1nc2c(s1)CCCC2)c1c[nH]c(=O)n(Cc2ccco2)c1=O. The molecule has 0 aliphatic heterocycles. The molecule has 3 aromatic rings. The van der Waals surface area contributed by atoms with Gasteiger partial charge in [-0.15, -0.1) is 11.3 Å². The zero-order valence-corrected chi connectivity index (χ0v) is 14.6. The minimum atomic E-state index is -0.677. The number of carbonyl (C=O) groups is 1. The molecule has 1 aliphatic rings. The van der Waals surface area contributed by atoms with Crippen LogP contribution in [0.25, 0.3) is 0 Å². The summed E-state index contributed by atoms with van der Waals surface area (Å²) in [7, 11) is 0.